The minimum atomic E-state index is -3.70. The molecule has 1 aromatic carbocycles. The number of hydrogen-bond donors (Lipinski definition) is 2. The summed E-state index contributed by atoms with van der Waals surface area (Å²) in [6.07, 6.45) is 2.67. The van der Waals surface area contributed by atoms with Crippen LogP contribution < -0.4 is 10.5 Å². The highest BCUT2D eigenvalue weighted by Gasteiger charge is 2.17. The van der Waals surface area contributed by atoms with Gasteiger partial charge in [0.15, 0.2) is 0 Å². The zero-order chi connectivity index (χ0) is 13.2. The number of hydrogen-bond acceptors (Lipinski definition) is 4. The van der Waals surface area contributed by atoms with E-state index in [2.05, 4.69) is 32.3 Å². The Labute approximate surface area is 119 Å². The standard InChI is InChI=1S/C11H10IN3O2S/c12-8-1-3-9(4-2-8)15-18(16,17)11-7-14-6-5-10(11)13/h1-7,15H,(H2,13,14). The van der Waals surface area contributed by atoms with Crippen molar-refractivity contribution in [1.82, 2.24) is 4.98 Å². The summed E-state index contributed by atoms with van der Waals surface area (Å²) in [5, 5.41) is 0. The van der Waals surface area contributed by atoms with Crippen molar-refractivity contribution in [2.75, 3.05) is 10.5 Å². The molecule has 0 radical (unpaired) electrons. The van der Waals surface area contributed by atoms with Crippen LogP contribution in [0.2, 0.25) is 0 Å². The highest BCUT2D eigenvalue weighted by molar-refractivity contribution is 14.1. The zero-order valence-corrected chi connectivity index (χ0v) is 12.1. The minimum absolute atomic E-state index is 0.0245. The molecule has 1 aromatic heterocycles. The van der Waals surface area contributed by atoms with E-state index in [-0.39, 0.29) is 10.6 Å². The molecule has 0 aliphatic carbocycles. The Morgan fingerprint density at radius 2 is 1.83 bits per heavy atom. The lowest BCUT2D eigenvalue weighted by molar-refractivity contribution is 0.601. The van der Waals surface area contributed by atoms with Crippen LogP contribution in [0, 0.1) is 3.57 Å². The molecule has 18 heavy (non-hydrogen) atoms. The van der Waals surface area contributed by atoms with Crippen molar-refractivity contribution in [1.29, 1.82) is 0 Å². The van der Waals surface area contributed by atoms with Gasteiger partial charge in [-0.2, -0.15) is 0 Å². The van der Waals surface area contributed by atoms with Crippen molar-refractivity contribution >= 4 is 44.0 Å². The van der Waals surface area contributed by atoms with Crippen LogP contribution in [0.3, 0.4) is 0 Å². The first-order valence-corrected chi connectivity index (χ1v) is 7.53. The second-order valence-corrected chi connectivity index (χ2v) is 6.42. The number of pyridine rings is 1. The number of sulfonamides is 1. The first-order chi connectivity index (χ1) is 8.49. The van der Waals surface area contributed by atoms with E-state index in [4.69, 9.17) is 5.73 Å². The van der Waals surface area contributed by atoms with Gasteiger partial charge in [-0.15, -0.1) is 0 Å². The summed E-state index contributed by atoms with van der Waals surface area (Å²) in [6.45, 7) is 0. The molecular formula is C11H10IN3O2S. The normalized spacial score (nSPS) is 11.2. The van der Waals surface area contributed by atoms with Crippen molar-refractivity contribution in [3.05, 3.63) is 46.3 Å². The van der Waals surface area contributed by atoms with Gasteiger partial charge < -0.3 is 5.73 Å². The fraction of sp³-hybridized carbons (Fsp3) is 0. The number of halogens is 1. The summed E-state index contributed by atoms with van der Waals surface area (Å²) >= 11 is 2.14. The van der Waals surface area contributed by atoms with E-state index < -0.39 is 10.0 Å². The summed E-state index contributed by atoms with van der Waals surface area (Å²) in [4.78, 5) is 3.74. The van der Waals surface area contributed by atoms with Crippen molar-refractivity contribution in [3.8, 4) is 0 Å². The fourth-order valence-corrected chi connectivity index (χ4v) is 2.84. The molecule has 0 aliphatic rings. The third-order valence-corrected chi connectivity index (χ3v) is 4.35. The molecule has 2 aromatic rings. The van der Waals surface area contributed by atoms with Crippen LogP contribution in [-0.2, 0) is 10.0 Å². The molecule has 0 fully saturated rings. The molecule has 1 heterocycles. The molecule has 94 valence electrons. The number of nitrogens with one attached hydrogen (secondary N) is 1. The van der Waals surface area contributed by atoms with E-state index in [1.54, 1.807) is 12.1 Å². The number of rotatable bonds is 3. The van der Waals surface area contributed by atoms with Gasteiger partial charge in [-0.25, -0.2) is 8.42 Å². The molecular weight excluding hydrogens is 365 g/mol. The van der Waals surface area contributed by atoms with Crippen LogP contribution in [0.15, 0.2) is 47.6 Å². The SMILES string of the molecule is Nc1ccncc1S(=O)(=O)Nc1ccc(I)cc1. The number of nitrogens with zero attached hydrogens (tertiary/aromatic N) is 1. The Kier molecular flexibility index (Phi) is 3.71. The van der Waals surface area contributed by atoms with Crippen LogP contribution in [-0.4, -0.2) is 13.4 Å². The molecule has 3 N–H and O–H groups in total. The number of nitrogen functional groups attached to an aromatic ring is 1. The third kappa shape index (κ3) is 2.91. The van der Waals surface area contributed by atoms with Crippen LogP contribution in [0.5, 0.6) is 0 Å². The zero-order valence-electron chi connectivity index (χ0n) is 9.17. The topological polar surface area (TPSA) is 85.1 Å². The van der Waals surface area contributed by atoms with Crippen molar-refractivity contribution < 1.29 is 8.42 Å². The van der Waals surface area contributed by atoms with Crippen LogP contribution in [0.25, 0.3) is 0 Å². The monoisotopic (exact) mass is 375 g/mol. The van der Waals surface area contributed by atoms with Gasteiger partial charge in [0.25, 0.3) is 10.0 Å². The van der Waals surface area contributed by atoms with E-state index in [9.17, 15) is 8.42 Å². The highest BCUT2D eigenvalue weighted by Crippen LogP contribution is 2.20. The van der Waals surface area contributed by atoms with E-state index in [0.717, 1.165) is 3.57 Å². The number of nitrogens with two attached hydrogens (primary N) is 1. The lowest BCUT2D eigenvalue weighted by Gasteiger charge is -2.09. The average molecular weight is 375 g/mol. The quantitative estimate of drug-likeness (QED) is 0.805. The van der Waals surface area contributed by atoms with E-state index in [1.165, 1.54) is 18.5 Å². The first-order valence-electron chi connectivity index (χ1n) is 4.97. The average Bonchev–Trinajstić information content (AvgIpc) is 2.32. The van der Waals surface area contributed by atoms with Gasteiger partial charge in [0, 0.05) is 21.7 Å². The second kappa shape index (κ2) is 5.11. The van der Waals surface area contributed by atoms with Crippen LogP contribution in [0.4, 0.5) is 11.4 Å². The largest absolute Gasteiger partial charge is 0.398 e. The molecule has 0 atom stereocenters. The molecule has 5 nitrogen and oxygen atoms in total. The van der Waals surface area contributed by atoms with Crippen LogP contribution in [0.1, 0.15) is 0 Å². The summed E-state index contributed by atoms with van der Waals surface area (Å²) in [7, 11) is -3.70. The van der Waals surface area contributed by atoms with Crippen molar-refractivity contribution in [3.63, 3.8) is 0 Å². The van der Waals surface area contributed by atoms with Gasteiger partial charge >= 0.3 is 0 Å². The molecule has 2 rings (SSSR count). The number of benzene rings is 1. The van der Waals surface area contributed by atoms with E-state index in [1.807, 2.05) is 12.1 Å². The minimum Gasteiger partial charge on any atom is -0.398 e. The van der Waals surface area contributed by atoms with Crippen molar-refractivity contribution in [2.24, 2.45) is 0 Å². The van der Waals surface area contributed by atoms with Gasteiger partial charge in [-0.05, 0) is 52.9 Å². The summed E-state index contributed by atoms with van der Waals surface area (Å²) in [5.74, 6) is 0. The second-order valence-electron chi connectivity index (χ2n) is 3.53. The molecule has 7 heteroatoms. The van der Waals surface area contributed by atoms with Gasteiger partial charge in [-0.3, -0.25) is 9.71 Å². The maximum atomic E-state index is 12.1. The van der Waals surface area contributed by atoms with Gasteiger partial charge in [0.1, 0.15) is 4.90 Å². The predicted molar refractivity (Wildman–Crippen MR) is 78.6 cm³/mol. The Balaban J connectivity index is 2.33. The van der Waals surface area contributed by atoms with E-state index >= 15 is 0 Å². The maximum absolute atomic E-state index is 12.1. The molecule has 0 saturated carbocycles. The lowest BCUT2D eigenvalue weighted by Crippen LogP contribution is -2.15. The summed E-state index contributed by atoms with van der Waals surface area (Å²) in [6, 6.07) is 8.44. The molecule has 0 bridgehead atoms. The number of anilines is 2. The maximum Gasteiger partial charge on any atom is 0.265 e. The third-order valence-electron chi connectivity index (χ3n) is 2.20. The Hall–Kier alpha value is -1.35. The summed E-state index contributed by atoms with van der Waals surface area (Å²) < 4.78 is 27.6. The van der Waals surface area contributed by atoms with Gasteiger partial charge in [-0.1, -0.05) is 0 Å². The molecule has 0 spiro atoms. The molecule has 0 aliphatic heterocycles. The van der Waals surface area contributed by atoms with Gasteiger partial charge in [0.05, 0.1) is 5.69 Å². The Morgan fingerprint density at radius 1 is 1.17 bits per heavy atom. The molecule has 0 unspecified atom stereocenters. The first kappa shape index (κ1) is 13.1. The molecule has 0 amide bonds. The number of aromatic nitrogens is 1. The van der Waals surface area contributed by atoms with Crippen LogP contribution >= 0.6 is 22.6 Å². The van der Waals surface area contributed by atoms with Gasteiger partial charge in [0.2, 0.25) is 0 Å². The molecule has 0 saturated heterocycles. The Morgan fingerprint density at radius 3 is 2.44 bits per heavy atom. The Bertz CT molecular complexity index is 656. The van der Waals surface area contributed by atoms with Crippen molar-refractivity contribution in [2.45, 2.75) is 4.90 Å². The highest BCUT2D eigenvalue weighted by atomic mass is 127. The lowest BCUT2D eigenvalue weighted by atomic mass is 10.3. The summed E-state index contributed by atoms with van der Waals surface area (Å²) in [5.41, 5.74) is 6.28. The van der Waals surface area contributed by atoms with E-state index in [0.29, 0.717) is 5.69 Å². The smallest absolute Gasteiger partial charge is 0.265 e. The fourth-order valence-electron chi connectivity index (χ4n) is 1.34. The predicted octanol–water partition coefficient (Wildman–Crippen LogP) is 2.07.